The van der Waals surface area contributed by atoms with Crippen LogP contribution in [0.2, 0.25) is 0 Å². The number of alkyl halides is 3. The van der Waals surface area contributed by atoms with E-state index in [4.69, 9.17) is 0 Å². The van der Waals surface area contributed by atoms with Gasteiger partial charge in [0.2, 0.25) is 0 Å². The molecule has 2 N–H and O–H groups in total. The highest BCUT2D eigenvalue weighted by Crippen LogP contribution is 2.33. The molecule has 0 spiro atoms. The van der Waals surface area contributed by atoms with Crippen molar-refractivity contribution in [2.45, 2.75) is 26.1 Å². The Morgan fingerprint density at radius 1 is 1.28 bits per heavy atom. The molecule has 2 amide bonds. The van der Waals surface area contributed by atoms with E-state index in [0.29, 0.717) is 0 Å². The number of anilines is 1. The summed E-state index contributed by atoms with van der Waals surface area (Å²) in [6, 6.07) is 2.58. The minimum absolute atomic E-state index is 0.0786. The van der Waals surface area contributed by atoms with E-state index in [9.17, 15) is 18.0 Å². The summed E-state index contributed by atoms with van der Waals surface area (Å²) in [6.45, 7) is 3.50. The lowest BCUT2D eigenvalue weighted by Gasteiger charge is -2.13. The molecule has 7 heteroatoms. The van der Waals surface area contributed by atoms with Crippen LogP contribution < -0.4 is 10.6 Å². The first kappa shape index (κ1) is 14.8. The molecule has 0 aliphatic carbocycles. The van der Waals surface area contributed by atoms with Gasteiger partial charge in [0.15, 0.2) is 0 Å². The predicted molar refractivity (Wildman–Crippen MR) is 66.4 cm³/mol. The van der Waals surface area contributed by atoms with E-state index in [1.54, 1.807) is 13.8 Å². The summed E-state index contributed by atoms with van der Waals surface area (Å²) in [5.74, 6) is 0. The lowest BCUT2D eigenvalue weighted by atomic mass is 10.2. The van der Waals surface area contributed by atoms with Gasteiger partial charge < -0.3 is 10.6 Å². The van der Waals surface area contributed by atoms with Crippen molar-refractivity contribution in [1.29, 1.82) is 0 Å². The number of carbonyl (C=O) groups is 1. The average Bonchev–Trinajstić information content (AvgIpc) is 2.13. The molecule has 0 heterocycles. The SMILES string of the molecule is CC(C)NC(=O)Nc1cc(Br)cc(C(F)(F)F)c1. The van der Waals surface area contributed by atoms with Gasteiger partial charge in [-0.15, -0.1) is 0 Å². The van der Waals surface area contributed by atoms with Gasteiger partial charge in [0.05, 0.1) is 5.56 Å². The molecule has 18 heavy (non-hydrogen) atoms. The van der Waals surface area contributed by atoms with Gasteiger partial charge >= 0.3 is 12.2 Å². The van der Waals surface area contributed by atoms with Gasteiger partial charge in [-0.1, -0.05) is 15.9 Å². The topological polar surface area (TPSA) is 41.1 Å². The molecule has 0 radical (unpaired) electrons. The highest BCUT2D eigenvalue weighted by Gasteiger charge is 2.31. The van der Waals surface area contributed by atoms with Crippen LogP contribution >= 0.6 is 15.9 Å². The normalized spacial score (nSPS) is 11.5. The number of urea groups is 1. The fourth-order valence-electron chi connectivity index (χ4n) is 1.25. The zero-order chi connectivity index (χ0) is 13.9. The van der Waals surface area contributed by atoms with Crippen LogP contribution in [0.4, 0.5) is 23.7 Å². The van der Waals surface area contributed by atoms with E-state index in [1.807, 2.05) is 0 Å². The fraction of sp³-hybridized carbons (Fsp3) is 0.364. The standard InChI is InChI=1S/C11H12BrF3N2O/c1-6(2)16-10(18)17-9-4-7(11(13,14)15)3-8(12)5-9/h3-6H,1-2H3,(H2,16,17,18). The third-order valence-electron chi connectivity index (χ3n) is 1.90. The first-order valence-electron chi connectivity index (χ1n) is 5.14. The summed E-state index contributed by atoms with van der Waals surface area (Å²) < 4.78 is 37.9. The molecule has 1 aromatic rings. The van der Waals surface area contributed by atoms with Crippen LogP contribution in [0.3, 0.4) is 0 Å². The minimum atomic E-state index is -4.45. The largest absolute Gasteiger partial charge is 0.416 e. The Morgan fingerprint density at radius 3 is 2.39 bits per heavy atom. The molecular formula is C11H12BrF3N2O. The van der Waals surface area contributed by atoms with E-state index in [2.05, 4.69) is 26.6 Å². The van der Waals surface area contributed by atoms with Crippen molar-refractivity contribution in [3.05, 3.63) is 28.2 Å². The maximum Gasteiger partial charge on any atom is 0.416 e. The number of hydrogen-bond acceptors (Lipinski definition) is 1. The second kappa shape index (κ2) is 5.60. The van der Waals surface area contributed by atoms with Crippen molar-refractivity contribution < 1.29 is 18.0 Å². The van der Waals surface area contributed by atoms with Gasteiger partial charge in [0.1, 0.15) is 0 Å². The first-order valence-corrected chi connectivity index (χ1v) is 5.93. The predicted octanol–water partition coefficient (Wildman–Crippen LogP) is 4.00. The second-order valence-electron chi connectivity index (χ2n) is 3.98. The summed E-state index contributed by atoms with van der Waals surface area (Å²) in [7, 11) is 0. The van der Waals surface area contributed by atoms with Crippen molar-refractivity contribution in [3.63, 3.8) is 0 Å². The first-order chi connectivity index (χ1) is 8.18. The van der Waals surface area contributed by atoms with Crippen LogP contribution in [-0.4, -0.2) is 12.1 Å². The van der Waals surface area contributed by atoms with Gasteiger partial charge in [0, 0.05) is 16.2 Å². The molecule has 100 valence electrons. The number of benzene rings is 1. The molecule has 0 saturated carbocycles. The monoisotopic (exact) mass is 324 g/mol. The summed E-state index contributed by atoms with van der Waals surface area (Å²) in [5.41, 5.74) is -0.744. The highest BCUT2D eigenvalue weighted by atomic mass is 79.9. The van der Waals surface area contributed by atoms with Gasteiger partial charge in [-0.25, -0.2) is 4.79 Å². The van der Waals surface area contributed by atoms with E-state index < -0.39 is 17.8 Å². The Morgan fingerprint density at radius 2 is 1.89 bits per heavy atom. The van der Waals surface area contributed by atoms with Crippen molar-refractivity contribution in [2.24, 2.45) is 0 Å². The number of halogens is 4. The van der Waals surface area contributed by atoms with Gasteiger partial charge in [-0.3, -0.25) is 0 Å². The molecule has 0 unspecified atom stereocenters. The van der Waals surface area contributed by atoms with Crippen molar-refractivity contribution in [1.82, 2.24) is 5.32 Å². The number of nitrogens with one attached hydrogen (secondary N) is 2. The van der Waals surface area contributed by atoms with Crippen molar-refractivity contribution in [2.75, 3.05) is 5.32 Å². The zero-order valence-electron chi connectivity index (χ0n) is 9.73. The molecule has 0 saturated heterocycles. The number of carbonyl (C=O) groups excluding carboxylic acids is 1. The molecular weight excluding hydrogens is 313 g/mol. The number of rotatable bonds is 2. The summed E-state index contributed by atoms with van der Waals surface area (Å²) >= 11 is 2.97. The van der Waals surface area contributed by atoms with Crippen LogP contribution in [-0.2, 0) is 6.18 Å². The van der Waals surface area contributed by atoms with Gasteiger partial charge in [-0.05, 0) is 32.0 Å². The number of amides is 2. The van der Waals surface area contributed by atoms with Gasteiger partial charge in [-0.2, -0.15) is 13.2 Å². The molecule has 1 rings (SSSR count). The second-order valence-corrected chi connectivity index (χ2v) is 4.90. The van der Waals surface area contributed by atoms with Crippen LogP contribution in [0, 0.1) is 0 Å². The lowest BCUT2D eigenvalue weighted by Crippen LogP contribution is -2.34. The lowest BCUT2D eigenvalue weighted by molar-refractivity contribution is -0.137. The molecule has 0 aliphatic heterocycles. The van der Waals surface area contributed by atoms with Gasteiger partial charge in [0.25, 0.3) is 0 Å². The molecule has 0 aromatic heterocycles. The molecule has 1 aromatic carbocycles. The molecule has 3 nitrogen and oxygen atoms in total. The van der Waals surface area contributed by atoms with E-state index in [0.717, 1.165) is 12.1 Å². The summed E-state index contributed by atoms with van der Waals surface area (Å²) in [5, 5.41) is 4.87. The Bertz CT molecular complexity index is 446. The summed E-state index contributed by atoms with van der Waals surface area (Å²) in [4.78, 5) is 11.4. The van der Waals surface area contributed by atoms with Crippen LogP contribution in [0.15, 0.2) is 22.7 Å². The summed E-state index contributed by atoms with van der Waals surface area (Å²) in [6.07, 6.45) is -4.45. The highest BCUT2D eigenvalue weighted by molar-refractivity contribution is 9.10. The van der Waals surface area contributed by atoms with E-state index in [1.165, 1.54) is 6.07 Å². The van der Waals surface area contributed by atoms with Crippen LogP contribution in [0.25, 0.3) is 0 Å². The average molecular weight is 325 g/mol. The Labute approximate surface area is 111 Å². The smallest absolute Gasteiger partial charge is 0.336 e. The molecule has 0 bridgehead atoms. The van der Waals surface area contributed by atoms with Crippen molar-refractivity contribution >= 4 is 27.6 Å². The maximum atomic E-state index is 12.5. The third kappa shape index (κ3) is 4.56. The quantitative estimate of drug-likeness (QED) is 0.848. The van der Waals surface area contributed by atoms with Crippen LogP contribution in [0.5, 0.6) is 0 Å². The molecule has 0 atom stereocenters. The van der Waals surface area contributed by atoms with E-state index in [-0.39, 0.29) is 16.2 Å². The maximum absolute atomic E-state index is 12.5. The Kier molecular flexibility index (Phi) is 4.61. The minimum Gasteiger partial charge on any atom is -0.336 e. The van der Waals surface area contributed by atoms with Crippen molar-refractivity contribution in [3.8, 4) is 0 Å². The Balaban J connectivity index is 2.90. The third-order valence-corrected chi connectivity index (χ3v) is 2.36. The van der Waals surface area contributed by atoms with Crippen LogP contribution in [0.1, 0.15) is 19.4 Å². The molecule has 0 aliphatic rings. The Hall–Kier alpha value is -1.24. The van der Waals surface area contributed by atoms with E-state index >= 15 is 0 Å². The fourth-order valence-corrected chi connectivity index (χ4v) is 1.75. The molecule has 0 fully saturated rings. The number of hydrogen-bond donors (Lipinski definition) is 2. The zero-order valence-corrected chi connectivity index (χ0v) is 11.3.